The highest BCUT2D eigenvalue weighted by Crippen LogP contribution is 2.18. The van der Waals surface area contributed by atoms with Crippen LogP contribution in [-0.2, 0) is 17.8 Å². The molecule has 1 atom stereocenters. The number of carbonyl (C=O) groups excluding carboxylic acids is 1. The molecule has 0 aliphatic carbocycles. The molecule has 1 amide bonds. The molecule has 1 aliphatic rings. The van der Waals surface area contributed by atoms with Gasteiger partial charge in [0.2, 0.25) is 5.91 Å². The maximum atomic E-state index is 11.9. The third-order valence-corrected chi connectivity index (χ3v) is 3.20. The minimum atomic E-state index is -0.342. The molecule has 0 fully saturated rings. The first-order valence-electron chi connectivity index (χ1n) is 5.83. The van der Waals surface area contributed by atoms with Gasteiger partial charge in [-0.05, 0) is 24.0 Å². The van der Waals surface area contributed by atoms with E-state index in [1.807, 2.05) is 24.0 Å². The summed E-state index contributed by atoms with van der Waals surface area (Å²) in [7, 11) is 0. The Morgan fingerprint density at radius 1 is 1.41 bits per heavy atom. The fourth-order valence-electron chi connectivity index (χ4n) is 2.09. The molecule has 3 nitrogen and oxygen atoms in total. The molecule has 4 heteroatoms. The number of hydrogen-bond acceptors (Lipinski definition) is 2. The Morgan fingerprint density at radius 2 is 2.06 bits per heavy atom. The van der Waals surface area contributed by atoms with Gasteiger partial charge in [0, 0.05) is 13.1 Å². The van der Waals surface area contributed by atoms with Crippen LogP contribution >= 0.6 is 12.4 Å². The van der Waals surface area contributed by atoms with Gasteiger partial charge in [0.05, 0.1) is 6.04 Å². The van der Waals surface area contributed by atoms with Crippen molar-refractivity contribution in [3.05, 3.63) is 35.4 Å². The summed E-state index contributed by atoms with van der Waals surface area (Å²) in [6.45, 7) is 3.45. The number of carbonyl (C=O) groups is 1. The van der Waals surface area contributed by atoms with E-state index in [4.69, 9.17) is 5.73 Å². The van der Waals surface area contributed by atoms with Gasteiger partial charge in [0.25, 0.3) is 0 Å². The van der Waals surface area contributed by atoms with Gasteiger partial charge in [-0.1, -0.05) is 31.2 Å². The molecule has 0 unspecified atom stereocenters. The molecule has 0 aromatic heterocycles. The van der Waals surface area contributed by atoms with Crippen molar-refractivity contribution < 1.29 is 4.79 Å². The van der Waals surface area contributed by atoms with Crippen LogP contribution in [0.1, 0.15) is 24.5 Å². The molecule has 94 valence electrons. The summed E-state index contributed by atoms with van der Waals surface area (Å²) in [5.41, 5.74) is 8.39. The summed E-state index contributed by atoms with van der Waals surface area (Å²) in [6.07, 6.45) is 1.65. The number of amides is 1. The molecule has 1 heterocycles. The first-order valence-corrected chi connectivity index (χ1v) is 5.83. The van der Waals surface area contributed by atoms with Crippen LogP contribution < -0.4 is 5.73 Å². The van der Waals surface area contributed by atoms with Crippen LogP contribution in [0.2, 0.25) is 0 Å². The van der Waals surface area contributed by atoms with E-state index in [1.165, 1.54) is 11.1 Å². The van der Waals surface area contributed by atoms with E-state index >= 15 is 0 Å². The maximum absolute atomic E-state index is 11.9. The topological polar surface area (TPSA) is 46.3 Å². The second-order valence-electron chi connectivity index (χ2n) is 4.29. The second kappa shape index (κ2) is 6.03. The van der Waals surface area contributed by atoms with E-state index in [0.717, 1.165) is 13.0 Å². The zero-order chi connectivity index (χ0) is 11.5. The molecule has 0 radical (unpaired) electrons. The van der Waals surface area contributed by atoms with Crippen LogP contribution in [0.4, 0.5) is 0 Å². The standard InChI is InChI=1S/C13H18N2O.ClH/c1-2-12(14)13(16)15-8-7-10-5-3-4-6-11(10)9-15;/h3-6,12H,2,7-9,14H2,1H3;1H/t12-;/m0./s1. The van der Waals surface area contributed by atoms with Crippen LogP contribution in [0.25, 0.3) is 0 Å². The van der Waals surface area contributed by atoms with Crippen molar-refractivity contribution >= 4 is 18.3 Å². The molecule has 1 aliphatic heterocycles. The smallest absolute Gasteiger partial charge is 0.239 e. The second-order valence-corrected chi connectivity index (χ2v) is 4.29. The highest BCUT2D eigenvalue weighted by Gasteiger charge is 2.23. The van der Waals surface area contributed by atoms with Crippen molar-refractivity contribution in [3.63, 3.8) is 0 Å². The normalized spacial score (nSPS) is 15.8. The van der Waals surface area contributed by atoms with Crippen LogP contribution in [0.15, 0.2) is 24.3 Å². The monoisotopic (exact) mass is 254 g/mol. The Hall–Kier alpha value is -1.06. The van der Waals surface area contributed by atoms with Gasteiger partial charge in [-0.25, -0.2) is 0 Å². The summed E-state index contributed by atoms with van der Waals surface area (Å²) in [5.74, 6) is 0.0806. The fraction of sp³-hybridized carbons (Fsp3) is 0.462. The van der Waals surface area contributed by atoms with Gasteiger partial charge >= 0.3 is 0 Å². The number of benzene rings is 1. The maximum Gasteiger partial charge on any atom is 0.239 e. The molecule has 0 bridgehead atoms. The van der Waals surface area contributed by atoms with Crippen molar-refractivity contribution in [2.75, 3.05) is 6.54 Å². The zero-order valence-electron chi connectivity index (χ0n) is 10.1. The lowest BCUT2D eigenvalue weighted by Gasteiger charge is -2.30. The van der Waals surface area contributed by atoms with Crippen molar-refractivity contribution in [1.82, 2.24) is 4.90 Å². The lowest BCUT2D eigenvalue weighted by atomic mass is 9.99. The largest absolute Gasteiger partial charge is 0.337 e. The number of hydrogen-bond donors (Lipinski definition) is 1. The molecule has 1 aromatic carbocycles. The highest BCUT2D eigenvalue weighted by molar-refractivity contribution is 5.85. The third kappa shape index (κ3) is 2.99. The third-order valence-electron chi connectivity index (χ3n) is 3.20. The summed E-state index contributed by atoms with van der Waals surface area (Å²) in [5, 5.41) is 0. The summed E-state index contributed by atoms with van der Waals surface area (Å²) in [6, 6.07) is 7.95. The van der Waals surface area contributed by atoms with Crippen molar-refractivity contribution in [2.24, 2.45) is 5.73 Å². The summed E-state index contributed by atoms with van der Waals surface area (Å²) >= 11 is 0. The average Bonchev–Trinajstić information content (AvgIpc) is 2.36. The van der Waals surface area contributed by atoms with E-state index in [1.54, 1.807) is 0 Å². The minimum Gasteiger partial charge on any atom is -0.337 e. The van der Waals surface area contributed by atoms with Gasteiger partial charge < -0.3 is 10.6 Å². The van der Waals surface area contributed by atoms with E-state index in [2.05, 4.69) is 12.1 Å². The molecule has 0 saturated carbocycles. The molecular weight excluding hydrogens is 236 g/mol. The number of fused-ring (bicyclic) bond motifs is 1. The van der Waals surface area contributed by atoms with Crippen molar-refractivity contribution in [3.8, 4) is 0 Å². The van der Waals surface area contributed by atoms with Crippen molar-refractivity contribution in [1.29, 1.82) is 0 Å². The Kier molecular flexibility index (Phi) is 4.97. The molecule has 17 heavy (non-hydrogen) atoms. The van der Waals surface area contributed by atoms with Gasteiger partial charge in [-0.3, -0.25) is 4.79 Å². The Morgan fingerprint density at radius 3 is 2.71 bits per heavy atom. The Bertz CT molecular complexity index is 395. The highest BCUT2D eigenvalue weighted by atomic mass is 35.5. The summed E-state index contributed by atoms with van der Waals surface area (Å²) < 4.78 is 0. The molecule has 2 N–H and O–H groups in total. The predicted octanol–water partition coefficient (Wildman–Crippen LogP) is 1.73. The number of nitrogens with two attached hydrogens (primary N) is 1. The lowest BCUT2D eigenvalue weighted by molar-refractivity contribution is -0.133. The fourth-order valence-corrected chi connectivity index (χ4v) is 2.09. The quantitative estimate of drug-likeness (QED) is 0.874. The molecular formula is C13H19ClN2O. The summed E-state index contributed by atoms with van der Waals surface area (Å²) in [4.78, 5) is 13.8. The van der Waals surface area contributed by atoms with Crippen LogP contribution in [0.5, 0.6) is 0 Å². The Labute approximate surface area is 108 Å². The first-order chi connectivity index (χ1) is 7.72. The van der Waals surface area contributed by atoms with E-state index in [0.29, 0.717) is 13.0 Å². The minimum absolute atomic E-state index is 0. The number of rotatable bonds is 2. The van der Waals surface area contributed by atoms with E-state index < -0.39 is 0 Å². The van der Waals surface area contributed by atoms with Crippen LogP contribution in [-0.4, -0.2) is 23.4 Å². The van der Waals surface area contributed by atoms with Gasteiger partial charge in [-0.15, -0.1) is 12.4 Å². The van der Waals surface area contributed by atoms with Gasteiger partial charge in [0.1, 0.15) is 0 Å². The average molecular weight is 255 g/mol. The van der Waals surface area contributed by atoms with E-state index in [9.17, 15) is 4.79 Å². The van der Waals surface area contributed by atoms with E-state index in [-0.39, 0.29) is 24.4 Å². The van der Waals surface area contributed by atoms with Crippen LogP contribution in [0.3, 0.4) is 0 Å². The number of halogens is 1. The molecule has 0 spiro atoms. The first kappa shape index (κ1) is 14.0. The van der Waals surface area contributed by atoms with Gasteiger partial charge in [-0.2, -0.15) is 0 Å². The zero-order valence-corrected chi connectivity index (χ0v) is 10.9. The molecule has 2 rings (SSSR count). The van der Waals surface area contributed by atoms with Crippen LogP contribution in [0, 0.1) is 0 Å². The SMILES string of the molecule is CC[C@H](N)C(=O)N1CCc2ccccc2C1.Cl. The molecule has 1 aromatic rings. The Balaban J connectivity index is 0.00000144. The van der Waals surface area contributed by atoms with Crippen molar-refractivity contribution in [2.45, 2.75) is 32.4 Å². The molecule has 0 saturated heterocycles. The van der Waals surface area contributed by atoms with Gasteiger partial charge in [0.15, 0.2) is 0 Å². The lowest BCUT2D eigenvalue weighted by Crippen LogP contribution is -2.45. The number of nitrogens with zero attached hydrogens (tertiary/aromatic N) is 1. The predicted molar refractivity (Wildman–Crippen MR) is 71.1 cm³/mol.